The predicted octanol–water partition coefficient (Wildman–Crippen LogP) is 1.37. The zero-order chi connectivity index (χ0) is 14.3. The van der Waals surface area contributed by atoms with Gasteiger partial charge in [0.2, 0.25) is 10.0 Å². The summed E-state index contributed by atoms with van der Waals surface area (Å²) in [6.45, 7) is 0.0543. The molecule has 108 valence electrons. The highest BCUT2D eigenvalue weighted by Crippen LogP contribution is 2.11. The van der Waals surface area contributed by atoms with Crippen LogP contribution in [0.15, 0.2) is 29.2 Å². The molecule has 0 spiro atoms. The Morgan fingerprint density at radius 2 is 1.79 bits per heavy atom. The molecule has 0 fully saturated rings. The van der Waals surface area contributed by atoms with Crippen molar-refractivity contribution in [3.05, 3.63) is 29.8 Å². The molecule has 0 heterocycles. The largest absolute Gasteiger partial charge is 0.355 e. The van der Waals surface area contributed by atoms with Crippen LogP contribution in [0.2, 0.25) is 0 Å². The Hall–Kier alpha value is -0.660. The number of halogens is 1. The van der Waals surface area contributed by atoms with Crippen LogP contribution < -0.4 is 4.72 Å². The van der Waals surface area contributed by atoms with E-state index < -0.39 is 16.3 Å². The first kappa shape index (κ1) is 16.4. The van der Waals surface area contributed by atoms with E-state index in [1.807, 2.05) is 0 Å². The molecule has 0 saturated carbocycles. The van der Waals surface area contributed by atoms with Crippen molar-refractivity contribution in [2.75, 3.05) is 26.6 Å². The fraction of sp³-hybridized carbons (Fsp3) is 0.500. The summed E-state index contributed by atoms with van der Waals surface area (Å²) >= 11 is 5.62. The minimum atomic E-state index is -3.55. The lowest BCUT2D eigenvalue weighted by Crippen LogP contribution is -2.34. The smallest absolute Gasteiger partial charge is 0.240 e. The third kappa shape index (κ3) is 5.08. The Bertz CT molecular complexity index is 471. The molecule has 5 nitrogen and oxygen atoms in total. The number of hydrogen-bond donors (Lipinski definition) is 1. The number of rotatable bonds is 8. The molecule has 1 rings (SSSR count). The van der Waals surface area contributed by atoms with Crippen LogP contribution in [0.3, 0.4) is 0 Å². The van der Waals surface area contributed by atoms with Crippen LogP contribution in [0.1, 0.15) is 5.56 Å². The van der Waals surface area contributed by atoms with Crippen molar-refractivity contribution in [1.29, 1.82) is 0 Å². The van der Waals surface area contributed by atoms with Gasteiger partial charge in [0.15, 0.2) is 6.29 Å². The highest BCUT2D eigenvalue weighted by atomic mass is 35.5. The third-order valence-corrected chi connectivity index (χ3v) is 4.21. The molecule has 19 heavy (non-hydrogen) atoms. The molecule has 7 heteroatoms. The van der Waals surface area contributed by atoms with E-state index in [0.717, 1.165) is 5.56 Å². The van der Waals surface area contributed by atoms with Gasteiger partial charge in [0.25, 0.3) is 0 Å². The first-order valence-electron chi connectivity index (χ1n) is 5.73. The summed E-state index contributed by atoms with van der Waals surface area (Å²) in [4.78, 5) is 0.205. The molecule has 0 saturated heterocycles. The average molecular weight is 308 g/mol. The number of alkyl halides is 1. The van der Waals surface area contributed by atoms with E-state index in [-0.39, 0.29) is 11.4 Å². The third-order valence-electron chi connectivity index (χ3n) is 2.58. The van der Waals surface area contributed by atoms with Crippen molar-refractivity contribution in [2.24, 2.45) is 0 Å². The van der Waals surface area contributed by atoms with Gasteiger partial charge in [0, 0.05) is 20.1 Å². The van der Waals surface area contributed by atoms with Crippen molar-refractivity contribution in [1.82, 2.24) is 4.72 Å². The van der Waals surface area contributed by atoms with Crippen LogP contribution in [0.5, 0.6) is 0 Å². The summed E-state index contributed by atoms with van der Waals surface area (Å²) in [7, 11) is -0.655. The maximum atomic E-state index is 12.0. The van der Waals surface area contributed by atoms with Crippen LogP contribution in [0.25, 0.3) is 0 Å². The van der Waals surface area contributed by atoms with E-state index in [1.165, 1.54) is 14.2 Å². The molecule has 0 aromatic heterocycles. The van der Waals surface area contributed by atoms with Gasteiger partial charge in [0.05, 0.1) is 11.4 Å². The zero-order valence-corrected chi connectivity index (χ0v) is 12.5. The standard InChI is InChI=1S/C12H18ClNO4S/c1-17-12(18-2)9-14-19(15,16)11-5-3-10(4-6-11)7-8-13/h3-6,12,14H,7-9H2,1-2H3. The molecule has 0 bridgehead atoms. The highest BCUT2D eigenvalue weighted by molar-refractivity contribution is 7.89. The first-order chi connectivity index (χ1) is 9.03. The minimum Gasteiger partial charge on any atom is -0.355 e. The van der Waals surface area contributed by atoms with Gasteiger partial charge in [-0.25, -0.2) is 13.1 Å². The van der Waals surface area contributed by atoms with Gasteiger partial charge in [-0.15, -0.1) is 11.6 Å². The summed E-state index contributed by atoms with van der Waals surface area (Å²) in [5, 5.41) is 0. The lowest BCUT2D eigenvalue weighted by molar-refractivity contribution is -0.0960. The van der Waals surface area contributed by atoms with Crippen LogP contribution in [-0.2, 0) is 25.9 Å². The van der Waals surface area contributed by atoms with Crippen molar-refractivity contribution in [3.63, 3.8) is 0 Å². The Balaban J connectivity index is 2.71. The summed E-state index contributed by atoms with van der Waals surface area (Å²) in [5.74, 6) is 0.508. The fourth-order valence-electron chi connectivity index (χ4n) is 1.47. The molecule has 0 aliphatic heterocycles. The number of hydrogen-bond acceptors (Lipinski definition) is 4. The minimum absolute atomic E-state index is 0.0543. The Labute approximate surface area is 118 Å². The average Bonchev–Trinajstić information content (AvgIpc) is 2.41. The van der Waals surface area contributed by atoms with Crippen LogP contribution in [0.4, 0.5) is 0 Å². The summed E-state index contributed by atoms with van der Waals surface area (Å²) in [5.41, 5.74) is 1.00. The zero-order valence-electron chi connectivity index (χ0n) is 10.9. The van der Waals surface area contributed by atoms with Gasteiger partial charge in [-0.3, -0.25) is 0 Å². The number of sulfonamides is 1. The molecule has 0 aliphatic carbocycles. The van der Waals surface area contributed by atoms with E-state index in [9.17, 15) is 8.42 Å². The molecule has 0 aliphatic rings. The van der Waals surface area contributed by atoms with Crippen LogP contribution in [0, 0.1) is 0 Å². The van der Waals surface area contributed by atoms with Crippen molar-refractivity contribution < 1.29 is 17.9 Å². The van der Waals surface area contributed by atoms with E-state index in [2.05, 4.69) is 4.72 Å². The van der Waals surface area contributed by atoms with Gasteiger partial charge in [-0.05, 0) is 24.1 Å². The monoisotopic (exact) mass is 307 g/mol. The maximum absolute atomic E-state index is 12.0. The number of ether oxygens (including phenoxy) is 2. The lowest BCUT2D eigenvalue weighted by Gasteiger charge is -2.14. The fourth-order valence-corrected chi connectivity index (χ4v) is 2.70. The van der Waals surface area contributed by atoms with Crippen molar-refractivity contribution in [2.45, 2.75) is 17.6 Å². The predicted molar refractivity (Wildman–Crippen MR) is 73.9 cm³/mol. The second-order valence-corrected chi connectivity index (χ2v) is 5.98. The molecule has 0 unspecified atom stereocenters. The molecule has 1 aromatic rings. The van der Waals surface area contributed by atoms with E-state index in [4.69, 9.17) is 21.1 Å². The summed E-state index contributed by atoms with van der Waals surface area (Å²) < 4.78 is 36.2. The molecular weight excluding hydrogens is 290 g/mol. The number of nitrogens with one attached hydrogen (secondary N) is 1. The SMILES string of the molecule is COC(CNS(=O)(=O)c1ccc(CCCl)cc1)OC. The Morgan fingerprint density at radius 1 is 1.21 bits per heavy atom. The highest BCUT2D eigenvalue weighted by Gasteiger charge is 2.16. The van der Waals surface area contributed by atoms with Gasteiger partial charge < -0.3 is 9.47 Å². The van der Waals surface area contributed by atoms with E-state index in [0.29, 0.717) is 12.3 Å². The molecule has 0 atom stereocenters. The number of aryl methyl sites for hydroxylation is 1. The number of methoxy groups -OCH3 is 2. The van der Waals surface area contributed by atoms with Crippen LogP contribution >= 0.6 is 11.6 Å². The molecule has 1 N–H and O–H groups in total. The second kappa shape index (κ2) is 7.81. The second-order valence-electron chi connectivity index (χ2n) is 3.84. The van der Waals surface area contributed by atoms with Crippen molar-refractivity contribution in [3.8, 4) is 0 Å². The number of benzene rings is 1. The maximum Gasteiger partial charge on any atom is 0.240 e. The summed E-state index contributed by atoms with van der Waals surface area (Å²) in [6.07, 6.45) is 0.107. The summed E-state index contributed by atoms with van der Waals surface area (Å²) in [6, 6.07) is 6.61. The molecule has 0 amide bonds. The Kier molecular flexibility index (Phi) is 6.74. The lowest BCUT2D eigenvalue weighted by atomic mass is 10.2. The van der Waals surface area contributed by atoms with Gasteiger partial charge in [0.1, 0.15) is 0 Å². The molecular formula is C12H18ClNO4S. The van der Waals surface area contributed by atoms with E-state index in [1.54, 1.807) is 24.3 Å². The van der Waals surface area contributed by atoms with Crippen molar-refractivity contribution >= 4 is 21.6 Å². The molecule has 0 radical (unpaired) electrons. The van der Waals surface area contributed by atoms with Gasteiger partial charge >= 0.3 is 0 Å². The van der Waals surface area contributed by atoms with Gasteiger partial charge in [-0.1, -0.05) is 12.1 Å². The normalized spacial score (nSPS) is 12.0. The topological polar surface area (TPSA) is 64.6 Å². The van der Waals surface area contributed by atoms with Crippen LogP contribution in [-0.4, -0.2) is 41.4 Å². The quantitative estimate of drug-likeness (QED) is 0.582. The molecule has 1 aromatic carbocycles. The van der Waals surface area contributed by atoms with Gasteiger partial charge in [-0.2, -0.15) is 0 Å². The first-order valence-corrected chi connectivity index (χ1v) is 7.75. The Morgan fingerprint density at radius 3 is 2.26 bits per heavy atom. The van der Waals surface area contributed by atoms with E-state index >= 15 is 0 Å².